The molecule has 1 heterocycles. The lowest BCUT2D eigenvalue weighted by Gasteiger charge is -2.33. The summed E-state index contributed by atoms with van der Waals surface area (Å²) in [6.45, 7) is 10.4. The minimum absolute atomic E-state index is 0.149. The lowest BCUT2D eigenvalue weighted by Crippen LogP contribution is -2.48. The van der Waals surface area contributed by atoms with E-state index in [9.17, 15) is 8.78 Å². The number of hydrogen-bond donors (Lipinski definition) is 1. The summed E-state index contributed by atoms with van der Waals surface area (Å²) in [5, 5.41) is 2.97. The zero-order valence-corrected chi connectivity index (χ0v) is 11.5. The third-order valence-electron chi connectivity index (χ3n) is 3.48. The van der Waals surface area contributed by atoms with Gasteiger partial charge in [0.15, 0.2) is 0 Å². The Morgan fingerprint density at radius 2 is 1.88 bits per heavy atom. The Bertz CT molecular complexity index is 254. The molecule has 1 aliphatic rings. The molecule has 2 nitrogen and oxygen atoms in total. The van der Waals surface area contributed by atoms with Gasteiger partial charge in [0.2, 0.25) is 0 Å². The molecule has 1 rings (SSSR count). The van der Waals surface area contributed by atoms with Gasteiger partial charge in [-0.25, -0.2) is 8.78 Å². The van der Waals surface area contributed by atoms with E-state index in [2.05, 4.69) is 5.32 Å². The van der Waals surface area contributed by atoms with Crippen molar-refractivity contribution in [1.29, 1.82) is 0 Å². The zero-order chi connectivity index (χ0) is 13.3. The van der Waals surface area contributed by atoms with Crippen LogP contribution in [0.2, 0.25) is 0 Å². The van der Waals surface area contributed by atoms with Crippen LogP contribution in [0.25, 0.3) is 0 Å². The van der Waals surface area contributed by atoms with E-state index in [0.29, 0.717) is 13.0 Å². The highest BCUT2D eigenvalue weighted by atomic mass is 19.3. The first kappa shape index (κ1) is 14.8. The van der Waals surface area contributed by atoms with Crippen molar-refractivity contribution in [3.8, 4) is 0 Å². The lowest BCUT2D eigenvalue weighted by molar-refractivity contribution is -0.0844. The third kappa shape index (κ3) is 3.62. The summed E-state index contributed by atoms with van der Waals surface area (Å²) in [5.74, 6) is -0.149. The van der Waals surface area contributed by atoms with Crippen LogP contribution in [0, 0.1) is 5.92 Å². The van der Waals surface area contributed by atoms with E-state index in [1.54, 1.807) is 0 Å². The fraction of sp³-hybridized carbons (Fsp3) is 1.00. The highest BCUT2D eigenvalue weighted by Gasteiger charge is 2.50. The van der Waals surface area contributed by atoms with Crippen LogP contribution in [0.15, 0.2) is 0 Å². The van der Waals surface area contributed by atoms with Gasteiger partial charge in [-0.1, -0.05) is 6.92 Å². The van der Waals surface area contributed by atoms with Crippen LogP contribution in [0.1, 0.15) is 47.5 Å². The highest BCUT2D eigenvalue weighted by molar-refractivity contribution is 5.00. The van der Waals surface area contributed by atoms with E-state index >= 15 is 0 Å². The van der Waals surface area contributed by atoms with Gasteiger partial charge in [0.05, 0.1) is 17.2 Å². The molecule has 2 atom stereocenters. The predicted molar refractivity (Wildman–Crippen MR) is 65.4 cm³/mol. The number of nitrogens with one attached hydrogen (secondary N) is 1. The van der Waals surface area contributed by atoms with Gasteiger partial charge in [-0.05, 0) is 47.1 Å². The molecule has 4 heteroatoms. The first-order valence-corrected chi connectivity index (χ1v) is 6.41. The average Bonchev–Trinajstić information content (AvgIpc) is 2.35. The standard InChI is InChI=1S/C13H25F2NO/c1-6-7-16-10(11(14)15)9-8-12(2,3)17-13(9,4)5/h9-11,16H,6-8H2,1-5H3. The lowest BCUT2D eigenvalue weighted by atomic mass is 9.81. The zero-order valence-electron chi connectivity index (χ0n) is 11.5. The summed E-state index contributed by atoms with van der Waals surface area (Å²) in [5.41, 5.74) is -0.805. The molecule has 0 aromatic carbocycles. The Kier molecular flexibility index (Phi) is 4.53. The highest BCUT2D eigenvalue weighted by Crippen LogP contribution is 2.44. The van der Waals surface area contributed by atoms with Crippen molar-refractivity contribution in [3.63, 3.8) is 0 Å². The molecule has 0 aromatic rings. The quantitative estimate of drug-likeness (QED) is 0.808. The fourth-order valence-electron chi connectivity index (χ4n) is 2.88. The third-order valence-corrected chi connectivity index (χ3v) is 3.48. The molecule has 1 aliphatic heterocycles. The molecule has 102 valence electrons. The van der Waals surface area contributed by atoms with E-state index < -0.39 is 18.1 Å². The van der Waals surface area contributed by atoms with Crippen molar-refractivity contribution in [2.24, 2.45) is 5.92 Å². The van der Waals surface area contributed by atoms with E-state index in [0.717, 1.165) is 6.42 Å². The van der Waals surface area contributed by atoms with Crippen molar-refractivity contribution in [2.75, 3.05) is 6.54 Å². The molecular weight excluding hydrogens is 224 g/mol. The fourth-order valence-corrected chi connectivity index (χ4v) is 2.88. The van der Waals surface area contributed by atoms with Gasteiger partial charge in [0.1, 0.15) is 0 Å². The van der Waals surface area contributed by atoms with Crippen molar-refractivity contribution in [1.82, 2.24) is 5.32 Å². The SMILES string of the molecule is CCCNC(C(F)F)C1CC(C)(C)OC1(C)C. The molecule has 0 amide bonds. The number of halogens is 2. The minimum Gasteiger partial charge on any atom is -0.369 e. The molecule has 0 aromatic heterocycles. The van der Waals surface area contributed by atoms with Crippen LogP contribution < -0.4 is 5.32 Å². The molecule has 0 aliphatic carbocycles. The molecular formula is C13H25F2NO. The number of alkyl halides is 2. The molecule has 0 bridgehead atoms. The Morgan fingerprint density at radius 3 is 2.24 bits per heavy atom. The topological polar surface area (TPSA) is 21.3 Å². The van der Waals surface area contributed by atoms with Gasteiger partial charge in [-0.2, -0.15) is 0 Å². The first-order valence-electron chi connectivity index (χ1n) is 6.41. The second kappa shape index (κ2) is 5.19. The van der Waals surface area contributed by atoms with Gasteiger partial charge in [-0.15, -0.1) is 0 Å². The smallest absolute Gasteiger partial charge is 0.254 e. The maximum Gasteiger partial charge on any atom is 0.254 e. The summed E-state index contributed by atoms with van der Waals surface area (Å²) in [7, 11) is 0. The second-order valence-corrected chi connectivity index (χ2v) is 6.09. The van der Waals surface area contributed by atoms with Gasteiger partial charge < -0.3 is 10.1 Å². The Hall–Kier alpha value is -0.220. The van der Waals surface area contributed by atoms with Crippen molar-refractivity contribution in [2.45, 2.75) is 71.1 Å². The molecule has 1 saturated heterocycles. The monoisotopic (exact) mass is 249 g/mol. The van der Waals surface area contributed by atoms with Crippen LogP contribution in [0.4, 0.5) is 8.78 Å². The summed E-state index contributed by atoms with van der Waals surface area (Å²) < 4.78 is 32.2. The molecule has 17 heavy (non-hydrogen) atoms. The molecule has 1 fully saturated rings. The summed E-state index contributed by atoms with van der Waals surface area (Å²) >= 11 is 0. The molecule has 0 spiro atoms. The predicted octanol–water partition coefficient (Wildman–Crippen LogP) is 3.21. The normalized spacial score (nSPS) is 28.6. The summed E-state index contributed by atoms with van der Waals surface area (Å²) in [4.78, 5) is 0. The molecule has 2 unspecified atom stereocenters. The number of ether oxygens (including phenoxy) is 1. The van der Waals surface area contributed by atoms with Gasteiger partial charge in [0, 0.05) is 5.92 Å². The van der Waals surface area contributed by atoms with E-state index in [1.165, 1.54) is 0 Å². The number of hydrogen-bond acceptors (Lipinski definition) is 2. The van der Waals surface area contributed by atoms with Gasteiger partial charge in [0.25, 0.3) is 6.43 Å². The van der Waals surface area contributed by atoms with Crippen LogP contribution in [-0.2, 0) is 4.74 Å². The maximum absolute atomic E-state index is 13.2. The van der Waals surface area contributed by atoms with E-state index in [-0.39, 0.29) is 11.5 Å². The van der Waals surface area contributed by atoms with Crippen LogP contribution >= 0.6 is 0 Å². The average molecular weight is 249 g/mol. The molecule has 0 radical (unpaired) electrons. The summed E-state index contributed by atoms with van der Waals surface area (Å²) in [6.07, 6.45) is -0.810. The minimum atomic E-state index is -2.34. The van der Waals surface area contributed by atoms with Crippen LogP contribution in [0.5, 0.6) is 0 Å². The van der Waals surface area contributed by atoms with Gasteiger partial charge in [-0.3, -0.25) is 0 Å². The van der Waals surface area contributed by atoms with Crippen LogP contribution in [0.3, 0.4) is 0 Å². The largest absolute Gasteiger partial charge is 0.369 e. The van der Waals surface area contributed by atoms with Crippen LogP contribution in [-0.4, -0.2) is 30.2 Å². The van der Waals surface area contributed by atoms with Gasteiger partial charge >= 0.3 is 0 Å². The first-order chi connectivity index (χ1) is 7.69. The molecule has 0 saturated carbocycles. The van der Waals surface area contributed by atoms with E-state index in [4.69, 9.17) is 4.74 Å². The Morgan fingerprint density at radius 1 is 1.29 bits per heavy atom. The van der Waals surface area contributed by atoms with Crippen molar-refractivity contribution >= 4 is 0 Å². The second-order valence-electron chi connectivity index (χ2n) is 6.09. The summed E-state index contributed by atoms with van der Waals surface area (Å²) in [6, 6.07) is -0.772. The maximum atomic E-state index is 13.2. The molecule has 1 N–H and O–H groups in total. The number of rotatable bonds is 5. The van der Waals surface area contributed by atoms with E-state index in [1.807, 2.05) is 34.6 Å². The Balaban J connectivity index is 2.80. The van der Waals surface area contributed by atoms with Crippen molar-refractivity contribution in [3.05, 3.63) is 0 Å². The van der Waals surface area contributed by atoms with Crippen molar-refractivity contribution < 1.29 is 13.5 Å². The Labute approximate surface area is 103 Å².